The highest BCUT2D eigenvalue weighted by atomic mass is 16.5. The summed E-state index contributed by atoms with van der Waals surface area (Å²) in [7, 11) is 0. The van der Waals surface area contributed by atoms with Gasteiger partial charge in [-0.2, -0.15) is 0 Å². The van der Waals surface area contributed by atoms with Crippen molar-refractivity contribution in [3.63, 3.8) is 0 Å². The summed E-state index contributed by atoms with van der Waals surface area (Å²) in [5.41, 5.74) is 4.74. The lowest BCUT2D eigenvalue weighted by atomic mass is 9.86. The summed E-state index contributed by atoms with van der Waals surface area (Å²) in [6.07, 6.45) is 0.122. The Kier molecular flexibility index (Phi) is 6.69. The highest BCUT2D eigenvalue weighted by Gasteiger charge is 2.22. The standard InChI is InChI=1S/C24H33NO2/c1-8-21(27-22-14-9-16(2)15-17(22)3)23(26)25-18(4)19-10-12-20(13-11-19)24(5,6)7/h9-15,18,21H,8H2,1-7H3,(H,25,26)/t18-,21+/m1/s1. The molecule has 0 spiro atoms. The Labute approximate surface area is 164 Å². The highest BCUT2D eigenvalue weighted by molar-refractivity contribution is 5.81. The molecule has 0 aromatic heterocycles. The van der Waals surface area contributed by atoms with E-state index in [1.807, 2.05) is 39.8 Å². The van der Waals surface area contributed by atoms with E-state index in [1.165, 1.54) is 11.1 Å². The van der Waals surface area contributed by atoms with E-state index in [2.05, 4.69) is 56.4 Å². The van der Waals surface area contributed by atoms with Gasteiger partial charge in [-0.25, -0.2) is 0 Å². The predicted octanol–water partition coefficient (Wildman–Crippen LogP) is 5.64. The zero-order chi connectivity index (χ0) is 20.2. The quantitative estimate of drug-likeness (QED) is 0.718. The van der Waals surface area contributed by atoms with Gasteiger partial charge in [-0.15, -0.1) is 0 Å². The van der Waals surface area contributed by atoms with Gasteiger partial charge in [-0.05, 0) is 55.4 Å². The number of hydrogen-bond acceptors (Lipinski definition) is 2. The molecule has 27 heavy (non-hydrogen) atoms. The molecule has 0 bridgehead atoms. The van der Waals surface area contributed by atoms with E-state index >= 15 is 0 Å². The molecular weight excluding hydrogens is 334 g/mol. The maximum absolute atomic E-state index is 12.7. The number of carbonyl (C=O) groups is 1. The van der Waals surface area contributed by atoms with Crippen LogP contribution in [0.15, 0.2) is 42.5 Å². The van der Waals surface area contributed by atoms with Gasteiger partial charge in [0.2, 0.25) is 0 Å². The molecule has 2 atom stereocenters. The van der Waals surface area contributed by atoms with Crippen LogP contribution in [-0.2, 0) is 10.2 Å². The minimum Gasteiger partial charge on any atom is -0.480 e. The number of amides is 1. The van der Waals surface area contributed by atoms with Crippen LogP contribution in [0.1, 0.15) is 69.3 Å². The van der Waals surface area contributed by atoms with Crippen LogP contribution in [0.2, 0.25) is 0 Å². The molecule has 0 radical (unpaired) electrons. The molecule has 0 heterocycles. The molecule has 2 aromatic rings. The van der Waals surface area contributed by atoms with Crippen LogP contribution in [0.3, 0.4) is 0 Å². The molecule has 1 amide bonds. The number of benzene rings is 2. The highest BCUT2D eigenvalue weighted by Crippen LogP contribution is 2.24. The van der Waals surface area contributed by atoms with E-state index in [4.69, 9.17) is 4.74 Å². The SMILES string of the molecule is CC[C@H](Oc1ccc(C)cc1C)C(=O)N[C@H](C)c1ccc(C(C)(C)C)cc1. The van der Waals surface area contributed by atoms with Crippen LogP contribution in [0.4, 0.5) is 0 Å². The topological polar surface area (TPSA) is 38.3 Å². The molecule has 1 N–H and O–H groups in total. The fraction of sp³-hybridized carbons (Fsp3) is 0.458. The third-order valence-corrected chi connectivity index (χ3v) is 4.90. The van der Waals surface area contributed by atoms with Gasteiger partial charge in [0.05, 0.1) is 6.04 Å². The molecule has 2 aromatic carbocycles. The van der Waals surface area contributed by atoms with Crippen molar-refractivity contribution >= 4 is 5.91 Å². The largest absolute Gasteiger partial charge is 0.480 e. The van der Waals surface area contributed by atoms with Crippen molar-refractivity contribution in [1.29, 1.82) is 0 Å². The van der Waals surface area contributed by atoms with Crippen molar-refractivity contribution < 1.29 is 9.53 Å². The maximum atomic E-state index is 12.7. The smallest absolute Gasteiger partial charge is 0.261 e. The molecule has 0 aliphatic heterocycles. The first-order valence-corrected chi connectivity index (χ1v) is 9.76. The summed E-state index contributed by atoms with van der Waals surface area (Å²) in [4.78, 5) is 12.7. The predicted molar refractivity (Wildman–Crippen MR) is 112 cm³/mol. The van der Waals surface area contributed by atoms with E-state index in [9.17, 15) is 4.79 Å². The average Bonchev–Trinajstić information content (AvgIpc) is 2.60. The second-order valence-corrected chi connectivity index (χ2v) is 8.39. The minimum absolute atomic E-state index is 0.0664. The minimum atomic E-state index is -0.497. The van der Waals surface area contributed by atoms with Gasteiger partial charge < -0.3 is 10.1 Å². The molecule has 0 aliphatic rings. The van der Waals surface area contributed by atoms with Crippen molar-refractivity contribution in [1.82, 2.24) is 5.32 Å². The molecule has 0 fully saturated rings. The Morgan fingerprint density at radius 1 is 1.07 bits per heavy atom. The fourth-order valence-electron chi connectivity index (χ4n) is 3.07. The molecule has 146 valence electrons. The van der Waals surface area contributed by atoms with Gasteiger partial charge in [0, 0.05) is 0 Å². The van der Waals surface area contributed by atoms with E-state index in [1.54, 1.807) is 0 Å². The van der Waals surface area contributed by atoms with E-state index in [0.29, 0.717) is 6.42 Å². The second kappa shape index (κ2) is 8.60. The molecule has 3 heteroatoms. The summed E-state index contributed by atoms with van der Waals surface area (Å²) in [5.74, 6) is 0.689. The molecular formula is C24H33NO2. The number of ether oxygens (including phenoxy) is 1. The third-order valence-electron chi connectivity index (χ3n) is 4.90. The van der Waals surface area contributed by atoms with E-state index < -0.39 is 6.10 Å². The summed E-state index contributed by atoms with van der Waals surface area (Å²) in [6, 6.07) is 14.4. The summed E-state index contributed by atoms with van der Waals surface area (Å²) >= 11 is 0. The zero-order valence-corrected chi connectivity index (χ0v) is 17.7. The van der Waals surface area contributed by atoms with Gasteiger partial charge in [0.1, 0.15) is 5.75 Å². The fourth-order valence-corrected chi connectivity index (χ4v) is 3.07. The number of carbonyl (C=O) groups excluding carboxylic acids is 1. The first-order valence-electron chi connectivity index (χ1n) is 9.76. The van der Waals surface area contributed by atoms with E-state index in [0.717, 1.165) is 16.9 Å². The first kappa shape index (κ1) is 21.0. The van der Waals surface area contributed by atoms with Crippen LogP contribution in [-0.4, -0.2) is 12.0 Å². The van der Waals surface area contributed by atoms with Gasteiger partial charge >= 0.3 is 0 Å². The monoisotopic (exact) mass is 367 g/mol. The lowest BCUT2D eigenvalue weighted by Gasteiger charge is -2.23. The van der Waals surface area contributed by atoms with Crippen molar-refractivity contribution in [2.45, 2.75) is 72.4 Å². The Morgan fingerprint density at radius 2 is 1.70 bits per heavy atom. The van der Waals surface area contributed by atoms with E-state index in [-0.39, 0.29) is 17.4 Å². The first-order chi connectivity index (χ1) is 12.6. The summed E-state index contributed by atoms with van der Waals surface area (Å²) in [5, 5.41) is 3.09. The molecule has 0 saturated carbocycles. The van der Waals surface area contributed by atoms with Crippen LogP contribution in [0, 0.1) is 13.8 Å². The molecule has 0 saturated heterocycles. The van der Waals surface area contributed by atoms with Gasteiger partial charge in [-0.1, -0.05) is 69.7 Å². The lowest BCUT2D eigenvalue weighted by Crippen LogP contribution is -2.39. The summed E-state index contributed by atoms with van der Waals surface area (Å²) < 4.78 is 6.00. The van der Waals surface area contributed by atoms with Gasteiger partial charge in [-0.3, -0.25) is 4.79 Å². The van der Waals surface area contributed by atoms with Crippen molar-refractivity contribution in [2.24, 2.45) is 0 Å². The second-order valence-electron chi connectivity index (χ2n) is 8.39. The molecule has 0 aliphatic carbocycles. The Hall–Kier alpha value is -2.29. The van der Waals surface area contributed by atoms with Crippen molar-refractivity contribution in [3.05, 3.63) is 64.7 Å². The number of nitrogens with one attached hydrogen (secondary N) is 1. The zero-order valence-electron chi connectivity index (χ0n) is 17.7. The number of rotatable bonds is 6. The van der Waals surface area contributed by atoms with Gasteiger partial charge in [0.25, 0.3) is 5.91 Å². The Balaban J connectivity index is 2.05. The third kappa shape index (κ3) is 5.59. The molecule has 3 nitrogen and oxygen atoms in total. The van der Waals surface area contributed by atoms with Crippen LogP contribution in [0.25, 0.3) is 0 Å². The van der Waals surface area contributed by atoms with Gasteiger partial charge in [0.15, 0.2) is 6.10 Å². The van der Waals surface area contributed by atoms with Crippen LogP contribution >= 0.6 is 0 Å². The Bertz CT molecular complexity index is 772. The van der Waals surface area contributed by atoms with Crippen LogP contribution < -0.4 is 10.1 Å². The number of aryl methyl sites for hydroxylation is 2. The molecule has 2 rings (SSSR count). The van der Waals surface area contributed by atoms with Crippen molar-refractivity contribution in [2.75, 3.05) is 0 Å². The normalized spacial score (nSPS) is 13.7. The maximum Gasteiger partial charge on any atom is 0.261 e. The molecule has 0 unspecified atom stereocenters. The Morgan fingerprint density at radius 3 is 2.22 bits per heavy atom. The van der Waals surface area contributed by atoms with Crippen LogP contribution in [0.5, 0.6) is 5.75 Å². The average molecular weight is 368 g/mol. The summed E-state index contributed by atoms with van der Waals surface area (Å²) in [6.45, 7) is 14.6. The lowest BCUT2D eigenvalue weighted by molar-refractivity contribution is -0.128. The number of hydrogen-bond donors (Lipinski definition) is 1. The van der Waals surface area contributed by atoms with Crippen molar-refractivity contribution in [3.8, 4) is 5.75 Å².